The number of amides is 3. The largest absolute Gasteiger partial charge is 0.323 e. The first-order valence-electron chi connectivity index (χ1n) is 5.18. The molecule has 0 aromatic heterocycles. The van der Waals surface area contributed by atoms with Crippen molar-refractivity contribution in [2.45, 2.75) is 6.54 Å². The zero-order valence-corrected chi connectivity index (χ0v) is 9.49. The van der Waals surface area contributed by atoms with Gasteiger partial charge in [-0.2, -0.15) is 0 Å². The van der Waals surface area contributed by atoms with E-state index >= 15 is 0 Å². The highest BCUT2D eigenvalue weighted by Gasteiger charge is 2.19. The number of carbonyl (C=O) groups is 2. The van der Waals surface area contributed by atoms with Crippen LogP contribution in [-0.2, 0) is 11.3 Å². The molecule has 0 saturated heterocycles. The number of carbonyl (C=O) groups excluding carboxylic acids is 2. The summed E-state index contributed by atoms with van der Waals surface area (Å²) in [7, 11) is 1.72. The molecule has 2 rings (SSSR count). The van der Waals surface area contributed by atoms with Crippen molar-refractivity contribution in [1.29, 1.82) is 0 Å². The molecule has 5 nitrogen and oxygen atoms in total. The second-order valence-electron chi connectivity index (χ2n) is 3.85. The lowest BCUT2D eigenvalue weighted by molar-refractivity contribution is -0.111. The molecular formula is C12H13N3O2. The maximum atomic E-state index is 11.4. The summed E-state index contributed by atoms with van der Waals surface area (Å²) in [5.41, 5.74) is 2.44. The number of fused-ring (bicyclic) bond motifs is 1. The van der Waals surface area contributed by atoms with Crippen LogP contribution >= 0.6 is 0 Å². The summed E-state index contributed by atoms with van der Waals surface area (Å²) >= 11 is 0. The average Bonchev–Trinajstić information content (AvgIpc) is 2.31. The second kappa shape index (κ2) is 4.29. The number of nitrogens with one attached hydrogen (secondary N) is 2. The minimum absolute atomic E-state index is 0.125. The fraction of sp³-hybridized carbons (Fsp3) is 0.167. The van der Waals surface area contributed by atoms with Crippen LogP contribution in [0.2, 0.25) is 0 Å². The van der Waals surface area contributed by atoms with Crippen molar-refractivity contribution in [1.82, 2.24) is 4.90 Å². The number of rotatable bonds is 2. The van der Waals surface area contributed by atoms with E-state index in [1.807, 2.05) is 6.07 Å². The van der Waals surface area contributed by atoms with Gasteiger partial charge < -0.3 is 15.5 Å². The van der Waals surface area contributed by atoms with Crippen LogP contribution in [0.15, 0.2) is 30.9 Å². The van der Waals surface area contributed by atoms with Crippen LogP contribution in [0.3, 0.4) is 0 Å². The molecule has 1 heterocycles. The number of urea groups is 1. The molecule has 0 atom stereocenters. The summed E-state index contributed by atoms with van der Waals surface area (Å²) in [6.45, 7) is 3.92. The van der Waals surface area contributed by atoms with Gasteiger partial charge in [0.05, 0.1) is 0 Å². The number of hydrogen-bond donors (Lipinski definition) is 2. The van der Waals surface area contributed by atoms with Crippen molar-refractivity contribution in [3.05, 3.63) is 36.4 Å². The van der Waals surface area contributed by atoms with Gasteiger partial charge in [0.1, 0.15) is 0 Å². The Hall–Kier alpha value is -2.30. The highest BCUT2D eigenvalue weighted by molar-refractivity contribution is 5.99. The van der Waals surface area contributed by atoms with E-state index in [-0.39, 0.29) is 11.9 Å². The minimum atomic E-state index is -0.252. The topological polar surface area (TPSA) is 61.4 Å². The molecule has 17 heavy (non-hydrogen) atoms. The molecule has 0 bridgehead atoms. The third kappa shape index (κ3) is 2.28. The molecule has 0 saturated carbocycles. The first-order valence-corrected chi connectivity index (χ1v) is 5.18. The third-order valence-corrected chi connectivity index (χ3v) is 2.55. The van der Waals surface area contributed by atoms with E-state index in [9.17, 15) is 9.59 Å². The van der Waals surface area contributed by atoms with E-state index in [1.165, 1.54) is 6.08 Å². The van der Waals surface area contributed by atoms with Crippen molar-refractivity contribution in [2.75, 3.05) is 17.7 Å². The number of anilines is 2. The first kappa shape index (κ1) is 11.2. The zero-order valence-electron chi connectivity index (χ0n) is 9.49. The Labute approximate surface area is 99.1 Å². The van der Waals surface area contributed by atoms with E-state index in [2.05, 4.69) is 17.2 Å². The lowest BCUT2D eigenvalue weighted by Crippen LogP contribution is -2.35. The van der Waals surface area contributed by atoms with Crippen molar-refractivity contribution < 1.29 is 9.59 Å². The van der Waals surface area contributed by atoms with Crippen molar-refractivity contribution >= 4 is 23.3 Å². The summed E-state index contributed by atoms with van der Waals surface area (Å²) in [5.74, 6) is -0.252. The van der Waals surface area contributed by atoms with Crippen molar-refractivity contribution in [3.8, 4) is 0 Å². The molecule has 1 aliphatic heterocycles. The molecule has 88 valence electrons. The molecule has 0 fully saturated rings. The highest BCUT2D eigenvalue weighted by Crippen LogP contribution is 2.25. The van der Waals surface area contributed by atoms with E-state index in [4.69, 9.17) is 0 Å². The molecule has 1 aromatic rings. The molecule has 1 aliphatic rings. The van der Waals surface area contributed by atoms with Crippen molar-refractivity contribution in [2.24, 2.45) is 0 Å². The molecule has 5 heteroatoms. The van der Waals surface area contributed by atoms with E-state index in [0.29, 0.717) is 12.2 Å². The van der Waals surface area contributed by atoms with Crippen molar-refractivity contribution in [3.63, 3.8) is 0 Å². The van der Waals surface area contributed by atoms with E-state index in [0.717, 1.165) is 11.3 Å². The van der Waals surface area contributed by atoms with E-state index < -0.39 is 0 Å². The SMILES string of the molecule is C=CC(=O)Nc1ccc2c(c1)CN(C)C(=O)N2. The Balaban J connectivity index is 2.25. The average molecular weight is 231 g/mol. The second-order valence-corrected chi connectivity index (χ2v) is 3.85. The molecule has 3 amide bonds. The van der Waals surface area contributed by atoms with Gasteiger partial charge in [0.25, 0.3) is 0 Å². The number of nitrogens with zero attached hydrogens (tertiary/aromatic N) is 1. The third-order valence-electron chi connectivity index (χ3n) is 2.55. The standard InChI is InChI=1S/C12H13N3O2/c1-3-11(16)13-9-4-5-10-8(6-9)7-15(2)12(17)14-10/h3-6H,1,7H2,2H3,(H,13,16)(H,14,17). The monoisotopic (exact) mass is 231 g/mol. The lowest BCUT2D eigenvalue weighted by Gasteiger charge is -2.26. The normalized spacial score (nSPS) is 13.7. The van der Waals surface area contributed by atoms with Gasteiger partial charge in [-0.1, -0.05) is 6.58 Å². The summed E-state index contributed by atoms with van der Waals surface area (Å²) in [6, 6.07) is 5.23. The van der Waals surface area contributed by atoms with Crippen LogP contribution in [0.5, 0.6) is 0 Å². The van der Waals surface area contributed by atoms with Crippen LogP contribution < -0.4 is 10.6 Å². The van der Waals surface area contributed by atoms with Crippen LogP contribution in [0.1, 0.15) is 5.56 Å². The Morgan fingerprint density at radius 2 is 2.35 bits per heavy atom. The Morgan fingerprint density at radius 3 is 3.06 bits per heavy atom. The Morgan fingerprint density at radius 1 is 1.59 bits per heavy atom. The van der Waals surface area contributed by atoms with Gasteiger partial charge >= 0.3 is 6.03 Å². The fourth-order valence-corrected chi connectivity index (χ4v) is 1.66. The number of benzene rings is 1. The van der Waals surface area contributed by atoms with Crippen LogP contribution in [0.25, 0.3) is 0 Å². The summed E-state index contributed by atoms with van der Waals surface area (Å²) in [4.78, 5) is 24.1. The van der Waals surface area contributed by atoms with Gasteiger partial charge in [-0.15, -0.1) is 0 Å². The molecular weight excluding hydrogens is 218 g/mol. The van der Waals surface area contributed by atoms with Gasteiger partial charge in [0.15, 0.2) is 0 Å². The predicted octanol–water partition coefficient (Wildman–Crippen LogP) is 1.79. The molecule has 0 aliphatic carbocycles. The van der Waals surface area contributed by atoms with Crippen LogP contribution in [-0.4, -0.2) is 23.9 Å². The van der Waals surface area contributed by atoms with E-state index in [1.54, 1.807) is 24.1 Å². The molecule has 0 unspecified atom stereocenters. The summed E-state index contributed by atoms with van der Waals surface area (Å²) < 4.78 is 0. The smallest absolute Gasteiger partial charge is 0.321 e. The van der Waals surface area contributed by atoms with Gasteiger partial charge in [-0.3, -0.25) is 4.79 Å². The predicted molar refractivity (Wildman–Crippen MR) is 65.8 cm³/mol. The Kier molecular flexibility index (Phi) is 2.82. The summed E-state index contributed by atoms with van der Waals surface area (Å²) in [6.07, 6.45) is 1.22. The molecule has 0 spiro atoms. The minimum Gasteiger partial charge on any atom is -0.323 e. The van der Waals surface area contributed by atoms with Gasteiger partial charge in [0, 0.05) is 25.0 Å². The number of hydrogen-bond acceptors (Lipinski definition) is 2. The maximum Gasteiger partial charge on any atom is 0.321 e. The van der Waals surface area contributed by atoms with Gasteiger partial charge in [0.2, 0.25) is 5.91 Å². The lowest BCUT2D eigenvalue weighted by atomic mass is 10.1. The highest BCUT2D eigenvalue weighted by atomic mass is 16.2. The Bertz CT molecular complexity index is 497. The van der Waals surface area contributed by atoms with Crippen LogP contribution in [0, 0.1) is 0 Å². The molecule has 2 N–H and O–H groups in total. The van der Waals surface area contributed by atoms with Crippen LogP contribution in [0.4, 0.5) is 16.2 Å². The first-order chi connectivity index (χ1) is 8.10. The summed E-state index contributed by atoms with van der Waals surface area (Å²) in [5, 5.41) is 5.44. The quantitative estimate of drug-likeness (QED) is 0.762. The van der Waals surface area contributed by atoms with Gasteiger partial charge in [-0.05, 0) is 29.8 Å². The molecule has 1 aromatic carbocycles. The zero-order chi connectivity index (χ0) is 12.4. The maximum absolute atomic E-state index is 11.4. The van der Waals surface area contributed by atoms with Gasteiger partial charge in [-0.25, -0.2) is 4.79 Å². The fourth-order valence-electron chi connectivity index (χ4n) is 1.66. The molecule has 0 radical (unpaired) electrons.